The first kappa shape index (κ1) is 13.2. The molecule has 1 aliphatic heterocycles. The molecule has 0 unspecified atom stereocenters. The minimum Gasteiger partial charge on any atom is -0.398 e. The van der Waals surface area contributed by atoms with E-state index in [0.717, 1.165) is 25.9 Å². The van der Waals surface area contributed by atoms with Crippen LogP contribution < -0.4 is 11.1 Å². The van der Waals surface area contributed by atoms with Crippen molar-refractivity contribution in [1.82, 2.24) is 5.32 Å². The lowest BCUT2D eigenvalue weighted by Crippen LogP contribution is -2.27. The molecule has 0 aliphatic carbocycles. The van der Waals surface area contributed by atoms with Gasteiger partial charge in [-0.25, -0.2) is 0 Å². The molecule has 1 heterocycles. The van der Waals surface area contributed by atoms with Crippen LogP contribution in [0.25, 0.3) is 0 Å². The SMILES string of the molecule is Cc1c(N)cc(C2CCNCC2)cc1C(F)(F)F. The first-order chi connectivity index (χ1) is 8.39. The Labute approximate surface area is 104 Å². The molecule has 18 heavy (non-hydrogen) atoms. The number of halogens is 3. The van der Waals surface area contributed by atoms with Gasteiger partial charge in [0.1, 0.15) is 0 Å². The molecule has 0 amide bonds. The first-order valence-electron chi connectivity index (χ1n) is 6.07. The predicted octanol–water partition coefficient (Wildman–Crippen LogP) is 3.06. The second kappa shape index (κ2) is 4.80. The second-order valence-electron chi connectivity index (χ2n) is 4.80. The highest BCUT2D eigenvalue weighted by atomic mass is 19.4. The number of rotatable bonds is 1. The third-order valence-electron chi connectivity index (χ3n) is 3.59. The van der Waals surface area contributed by atoms with Crippen molar-refractivity contribution in [2.45, 2.75) is 31.9 Å². The van der Waals surface area contributed by atoms with E-state index in [2.05, 4.69) is 5.32 Å². The molecule has 100 valence electrons. The van der Waals surface area contributed by atoms with Gasteiger partial charge >= 0.3 is 6.18 Å². The van der Waals surface area contributed by atoms with E-state index in [1.165, 1.54) is 13.0 Å². The molecule has 0 aromatic heterocycles. The Kier molecular flexibility index (Phi) is 3.52. The van der Waals surface area contributed by atoms with Gasteiger partial charge in [0.05, 0.1) is 5.56 Å². The van der Waals surface area contributed by atoms with Crippen molar-refractivity contribution < 1.29 is 13.2 Å². The van der Waals surface area contributed by atoms with Crippen molar-refractivity contribution in [2.24, 2.45) is 0 Å². The summed E-state index contributed by atoms with van der Waals surface area (Å²) in [6.45, 7) is 3.12. The normalized spacial score (nSPS) is 18.0. The quantitative estimate of drug-likeness (QED) is 0.760. The average Bonchev–Trinajstić information content (AvgIpc) is 2.32. The lowest BCUT2D eigenvalue weighted by Gasteiger charge is -2.25. The highest BCUT2D eigenvalue weighted by Gasteiger charge is 2.34. The van der Waals surface area contributed by atoms with Crippen LogP contribution in [0.4, 0.5) is 18.9 Å². The van der Waals surface area contributed by atoms with Gasteiger partial charge in [0, 0.05) is 5.69 Å². The number of alkyl halides is 3. The highest BCUT2D eigenvalue weighted by Crippen LogP contribution is 2.37. The van der Waals surface area contributed by atoms with Gasteiger partial charge in [0.25, 0.3) is 0 Å². The van der Waals surface area contributed by atoms with E-state index in [1.807, 2.05) is 0 Å². The molecule has 0 bridgehead atoms. The van der Waals surface area contributed by atoms with Crippen LogP contribution in [0.2, 0.25) is 0 Å². The summed E-state index contributed by atoms with van der Waals surface area (Å²) in [4.78, 5) is 0. The Morgan fingerprint density at radius 2 is 1.83 bits per heavy atom. The highest BCUT2D eigenvalue weighted by molar-refractivity contribution is 5.54. The Morgan fingerprint density at radius 3 is 2.39 bits per heavy atom. The fraction of sp³-hybridized carbons (Fsp3) is 0.538. The van der Waals surface area contributed by atoms with Crippen LogP contribution in [0.15, 0.2) is 12.1 Å². The van der Waals surface area contributed by atoms with Gasteiger partial charge in [0.15, 0.2) is 0 Å². The van der Waals surface area contributed by atoms with Gasteiger partial charge < -0.3 is 11.1 Å². The zero-order chi connectivity index (χ0) is 13.3. The fourth-order valence-electron chi connectivity index (χ4n) is 2.45. The molecule has 0 saturated carbocycles. The maximum absolute atomic E-state index is 12.9. The Hall–Kier alpha value is -1.23. The summed E-state index contributed by atoms with van der Waals surface area (Å²) in [5.74, 6) is 0.176. The van der Waals surface area contributed by atoms with Gasteiger partial charge in [-0.1, -0.05) is 0 Å². The summed E-state index contributed by atoms with van der Waals surface area (Å²) in [6, 6.07) is 2.96. The first-order valence-corrected chi connectivity index (χ1v) is 6.07. The van der Waals surface area contributed by atoms with Gasteiger partial charge in [-0.05, 0) is 62.0 Å². The lowest BCUT2D eigenvalue weighted by atomic mass is 9.87. The number of anilines is 1. The van der Waals surface area contributed by atoms with E-state index < -0.39 is 11.7 Å². The van der Waals surface area contributed by atoms with Crippen molar-refractivity contribution in [2.75, 3.05) is 18.8 Å². The summed E-state index contributed by atoms with van der Waals surface area (Å²) in [5, 5.41) is 3.20. The number of nitrogens with one attached hydrogen (secondary N) is 1. The molecule has 1 aromatic rings. The smallest absolute Gasteiger partial charge is 0.398 e. The summed E-state index contributed by atoms with van der Waals surface area (Å²) in [7, 11) is 0. The molecule has 2 rings (SSSR count). The number of hydrogen-bond acceptors (Lipinski definition) is 2. The standard InChI is InChI=1S/C13H17F3N2/c1-8-11(13(14,15)16)6-10(7-12(8)17)9-2-4-18-5-3-9/h6-7,9,18H,2-5,17H2,1H3. The van der Waals surface area contributed by atoms with Crippen LogP contribution in [0.5, 0.6) is 0 Å². The van der Waals surface area contributed by atoms with Crippen molar-refractivity contribution in [3.8, 4) is 0 Å². The Morgan fingerprint density at radius 1 is 1.22 bits per heavy atom. The number of nitrogens with two attached hydrogens (primary N) is 1. The molecule has 0 atom stereocenters. The van der Waals surface area contributed by atoms with Crippen LogP contribution in [0.3, 0.4) is 0 Å². The number of hydrogen-bond donors (Lipinski definition) is 2. The summed E-state index contributed by atoms with van der Waals surface area (Å²) < 4.78 is 38.7. The van der Waals surface area contributed by atoms with Crippen molar-refractivity contribution in [3.63, 3.8) is 0 Å². The molecule has 3 N–H and O–H groups in total. The van der Waals surface area contributed by atoms with E-state index in [9.17, 15) is 13.2 Å². The zero-order valence-electron chi connectivity index (χ0n) is 10.3. The maximum Gasteiger partial charge on any atom is 0.416 e. The maximum atomic E-state index is 12.9. The molecule has 1 aromatic carbocycles. The topological polar surface area (TPSA) is 38.0 Å². The van der Waals surface area contributed by atoms with Crippen LogP contribution in [-0.4, -0.2) is 13.1 Å². The van der Waals surface area contributed by atoms with E-state index >= 15 is 0 Å². The van der Waals surface area contributed by atoms with Gasteiger partial charge in [0.2, 0.25) is 0 Å². The Bertz CT molecular complexity index is 435. The molecule has 1 saturated heterocycles. The molecule has 0 spiro atoms. The molecule has 2 nitrogen and oxygen atoms in total. The summed E-state index contributed by atoms with van der Waals surface area (Å²) in [5.41, 5.74) is 6.18. The molecular weight excluding hydrogens is 241 g/mol. The third kappa shape index (κ3) is 2.61. The largest absolute Gasteiger partial charge is 0.416 e. The average molecular weight is 258 g/mol. The molecular formula is C13H17F3N2. The lowest BCUT2D eigenvalue weighted by molar-refractivity contribution is -0.138. The van der Waals surface area contributed by atoms with Gasteiger partial charge in [-0.2, -0.15) is 13.2 Å². The minimum absolute atomic E-state index is 0.125. The van der Waals surface area contributed by atoms with Crippen LogP contribution >= 0.6 is 0 Å². The van der Waals surface area contributed by atoms with Crippen LogP contribution in [0, 0.1) is 6.92 Å². The van der Waals surface area contributed by atoms with E-state index in [0.29, 0.717) is 5.56 Å². The van der Waals surface area contributed by atoms with Gasteiger partial charge in [-0.3, -0.25) is 0 Å². The van der Waals surface area contributed by atoms with E-state index in [4.69, 9.17) is 5.73 Å². The molecule has 0 radical (unpaired) electrons. The third-order valence-corrected chi connectivity index (χ3v) is 3.59. The second-order valence-corrected chi connectivity index (χ2v) is 4.80. The van der Waals surface area contributed by atoms with E-state index in [1.54, 1.807) is 6.07 Å². The zero-order valence-corrected chi connectivity index (χ0v) is 10.3. The predicted molar refractivity (Wildman–Crippen MR) is 65.4 cm³/mol. The summed E-state index contributed by atoms with van der Waals surface area (Å²) in [6.07, 6.45) is -2.61. The van der Waals surface area contributed by atoms with Crippen molar-refractivity contribution >= 4 is 5.69 Å². The van der Waals surface area contributed by atoms with Crippen LogP contribution in [-0.2, 0) is 6.18 Å². The monoisotopic (exact) mass is 258 g/mol. The number of benzene rings is 1. The van der Waals surface area contributed by atoms with Crippen molar-refractivity contribution in [1.29, 1.82) is 0 Å². The van der Waals surface area contributed by atoms with Crippen molar-refractivity contribution in [3.05, 3.63) is 28.8 Å². The fourth-order valence-corrected chi connectivity index (χ4v) is 2.45. The van der Waals surface area contributed by atoms with E-state index in [-0.39, 0.29) is 17.2 Å². The Balaban J connectivity index is 2.40. The summed E-state index contributed by atoms with van der Waals surface area (Å²) >= 11 is 0. The molecule has 1 fully saturated rings. The number of piperidine rings is 1. The molecule has 5 heteroatoms. The minimum atomic E-state index is -4.33. The molecule has 1 aliphatic rings. The van der Waals surface area contributed by atoms with Crippen LogP contribution in [0.1, 0.15) is 35.4 Å². The van der Waals surface area contributed by atoms with Gasteiger partial charge in [-0.15, -0.1) is 0 Å². The number of nitrogen functional groups attached to an aromatic ring is 1.